The minimum Gasteiger partial charge on any atom is -0.378 e. The molecule has 96 valence electrons. The van der Waals surface area contributed by atoms with E-state index in [0.29, 0.717) is 0 Å². The number of hydrogen-bond acceptors (Lipinski definition) is 2. The van der Waals surface area contributed by atoms with Crippen molar-refractivity contribution in [2.45, 2.75) is 33.4 Å². The zero-order valence-corrected chi connectivity index (χ0v) is 10.9. The van der Waals surface area contributed by atoms with Crippen molar-refractivity contribution in [3.05, 3.63) is 47.5 Å². The molecule has 1 N–H and O–H groups in total. The second-order valence-electron chi connectivity index (χ2n) is 4.51. The zero-order chi connectivity index (χ0) is 13.1. The first-order valence-corrected chi connectivity index (χ1v) is 6.14. The Bertz CT molecular complexity index is 513. The molecule has 4 heteroatoms. The fraction of sp³-hybridized carbons (Fsp3) is 0.357. The zero-order valence-electron chi connectivity index (χ0n) is 10.9. The predicted molar refractivity (Wildman–Crippen MR) is 71.1 cm³/mol. The molecule has 0 aliphatic carbocycles. The Morgan fingerprint density at radius 3 is 2.78 bits per heavy atom. The van der Waals surface area contributed by atoms with E-state index in [0.717, 1.165) is 23.4 Å². The van der Waals surface area contributed by atoms with Gasteiger partial charge in [0, 0.05) is 24.0 Å². The van der Waals surface area contributed by atoms with Crippen LogP contribution in [-0.2, 0) is 6.54 Å². The van der Waals surface area contributed by atoms with E-state index in [2.05, 4.69) is 10.4 Å². The molecule has 2 aromatic rings. The van der Waals surface area contributed by atoms with Gasteiger partial charge >= 0.3 is 0 Å². The topological polar surface area (TPSA) is 29.9 Å². The highest BCUT2D eigenvalue weighted by Gasteiger charge is 2.08. The molecule has 1 heterocycles. The van der Waals surface area contributed by atoms with Gasteiger partial charge in [-0.3, -0.25) is 4.68 Å². The summed E-state index contributed by atoms with van der Waals surface area (Å²) < 4.78 is 15.2. The highest BCUT2D eigenvalue weighted by Crippen LogP contribution is 2.20. The smallest absolute Gasteiger partial charge is 0.125 e. The first-order valence-electron chi connectivity index (χ1n) is 6.14. The first kappa shape index (κ1) is 12.6. The number of benzene rings is 1. The molecule has 0 aliphatic rings. The van der Waals surface area contributed by atoms with Crippen LogP contribution in [0.5, 0.6) is 0 Å². The summed E-state index contributed by atoms with van der Waals surface area (Å²) in [5, 5.41) is 7.52. The largest absolute Gasteiger partial charge is 0.378 e. The monoisotopic (exact) mass is 247 g/mol. The van der Waals surface area contributed by atoms with E-state index in [1.165, 1.54) is 12.1 Å². The average Bonchev–Trinajstić information content (AvgIpc) is 2.75. The second kappa shape index (κ2) is 5.21. The summed E-state index contributed by atoms with van der Waals surface area (Å²) in [6.07, 6.45) is 3.84. The van der Waals surface area contributed by atoms with Crippen LogP contribution in [0, 0.1) is 12.7 Å². The number of hydrogen-bond donors (Lipinski definition) is 1. The van der Waals surface area contributed by atoms with Crippen LogP contribution in [0.3, 0.4) is 0 Å². The van der Waals surface area contributed by atoms with E-state index in [9.17, 15) is 4.39 Å². The van der Waals surface area contributed by atoms with E-state index < -0.39 is 0 Å². The molecule has 0 fully saturated rings. The Morgan fingerprint density at radius 2 is 2.17 bits per heavy atom. The van der Waals surface area contributed by atoms with Gasteiger partial charge in [0.15, 0.2) is 0 Å². The molecule has 1 aromatic carbocycles. The van der Waals surface area contributed by atoms with Crippen molar-refractivity contribution in [1.82, 2.24) is 9.78 Å². The Morgan fingerprint density at radius 1 is 1.39 bits per heavy atom. The minimum absolute atomic E-state index is 0.103. The number of nitrogens with zero attached hydrogens (tertiary/aromatic N) is 2. The van der Waals surface area contributed by atoms with Gasteiger partial charge in [-0.15, -0.1) is 0 Å². The molecule has 0 saturated carbocycles. The van der Waals surface area contributed by atoms with Crippen molar-refractivity contribution in [1.29, 1.82) is 0 Å². The van der Waals surface area contributed by atoms with E-state index in [1.54, 1.807) is 0 Å². The van der Waals surface area contributed by atoms with Gasteiger partial charge in [0.05, 0.1) is 12.2 Å². The van der Waals surface area contributed by atoms with Crippen LogP contribution in [0.4, 0.5) is 10.1 Å². The van der Waals surface area contributed by atoms with Crippen molar-refractivity contribution in [3.63, 3.8) is 0 Å². The predicted octanol–water partition coefficient (Wildman–Crippen LogP) is 3.52. The van der Waals surface area contributed by atoms with Gasteiger partial charge in [-0.2, -0.15) is 5.10 Å². The lowest BCUT2D eigenvalue weighted by atomic mass is 10.1. The van der Waals surface area contributed by atoms with Gasteiger partial charge in [0.25, 0.3) is 0 Å². The fourth-order valence-corrected chi connectivity index (χ4v) is 1.93. The Kier molecular flexibility index (Phi) is 3.65. The Labute approximate surface area is 107 Å². The fourth-order valence-electron chi connectivity index (χ4n) is 1.93. The molecular formula is C14H18FN3. The normalized spacial score (nSPS) is 12.4. The van der Waals surface area contributed by atoms with Crippen molar-refractivity contribution >= 4 is 5.69 Å². The van der Waals surface area contributed by atoms with E-state index in [-0.39, 0.29) is 11.9 Å². The maximum absolute atomic E-state index is 13.3. The molecule has 0 bridgehead atoms. The van der Waals surface area contributed by atoms with Gasteiger partial charge in [-0.05, 0) is 44.5 Å². The van der Waals surface area contributed by atoms with Crippen LogP contribution >= 0.6 is 0 Å². The summed E-state index contributed by atoms with van der Waals surface area (Å²) in [6, 6.07) is 5.06. The highest BCUT2D eigenvalue weighted by atomic mass is 19.1. The molecule has 0 spiro atoms. The lowest BCUT2D eigenvalue weighted by molar-refractivity contribution is 0.626. The first-order chi connectivity index (χ1) is 8.58. The summed E-state index contributed by atoms with van der Waals surface area (Å²) in [5.41, 5.74) is 2.80. The van der Waals surface area contributed by atoms with Crippen molar-refractivity contribution < 1.29 is 4.39 Å². The minimum atomic E-state index is -0.214. The van der Waals surface area contributed by atoms with Gasteiger partial charge in [-0.25, -0.2) is 4.39 Å². The molecular weight excluding hydrogens is 229 g/mol. The summed E-state index contributed by atoms with van der Waals surface area (Å²) >= 11 is 0. The third-order valence-corrected chi connectivity index (χ3v) is 2.90. The number of rotatable bonds is 4. The molecule has 0 amide bonds. The van der Waals surface area contributed by atoms with Crippen LogP contribution in [0.2, 0.25) is 0 Å². The van der Waals surface area contributed by atoms with Crippen molar-refractivity contribution in [2.24, 2.45) is 0 Å². The number of anilines is 1. The second-order valence-corrected chi connectivity index (χ2v) is 4.51. The van der Waals surface area contributed by atoms with Crippen LogP contribution in [0.1, 0.15) is 31.0 Å². The van der Waals surface area contributed by atoms with Crippen molar-refractivity contribution in [2.75, 3.05) is 5.32 Å². The number of aryl methyl sites for hydroxylation is 2. The van der Waals surface area contributed by atoms with Crippen molar-refractivity contribution in [3.8, 4) is 0 Å². The molecule has 0 radical (unpaired) electrons. The van der Waals surface area contributed by atoms with E-state index in [4.69, 9.17) is 0 Å². The van der Waals surface area contributed by atoms with Crippen LogP contribution < -0.4 is 5.32 Å². The summed E-state index contributed by atoms with van der Waals surface area (Å²) in [6.45, 7) is 6.82. The van der Waals surface area contributed by atoms with Crippen LogP contribution in [0.25, 0.3) is 0 Å². The summed E-state index contributed by atoms with van der Waals surface area (Å²) in [4.78, 5) is 0. The maximum atomic E-state index is 13.3. The lowest BCUT2D eigenvalue weighted by Crippen LogP contribution is -2.06. The number of halogens is 1. The Balaban J connectivity index is 2.12. The number of aromatic nitrogens is 2. The SMILES string of the molecule is CCn1cc(C(C)Nc2cc(C)cc(F)c2)cn1. The molecule has 1 atom stereocenters. The number of nitrogens with one attached hydrogen (secondary N) is 1. The molecule has 1 aromatic heterocycles. The molecule has 2 rings (SSSR count). The van der Waals surface area contributed by atoms with Gasteiger partial charge < -0.3 is 5.32 Å². The molecule has 0 aliphatic heterocycles. The molecule has 1 unspecified atom stereocenters. The standard InChI is InChI=1S/C14H18FN3/c1-4-18-9-12(8-16-18)11(3)17-14-6-10(2)5-13(15)7-14/h5-9,11,17H,4H2,1-3H3. The van der Waals surface area contributed by atoms with E-state index in [1.807, 2.05) is 43.9 Å². The van der Waals surface area contributed by atoms with Gasteiger partial charge in [0.2, 0.25) is 0 Å². The maximum Gasteiger partial charge on any atom is 0.125 e. The molecule has 0 saturated heterocycles. The third-order valence-electron chi connectivity index (χ3n) is 2.90. The van der Waals surface area contributed by atoms with Crippen LogP contribution in [0.15, 0.2) is 30.6 Å². The average molecular weight is 247 g/mol. The van der Waals surface area contributed by atoms with Gasteiger partial charge in [-0.1, -0.05) is 0 Å². The molecule has 18 heavy (non-hydrogen) atoms. The quantitative estimate of drug-likeness (QED) is 0.895. The molecule has 3 nitrogen and oxygen atoms in total. The van der Waals surface area contributed by atoms with Crippen LogP contribution in [-0.4, -0.2) is 9.78 Å². The third kappa shape index (κ3) is 2.88. The van der Waals surface area contributed by atoms with Gasteiger partial charge in [0.1, 0.15) is 5.82 Å². The lowest BCUT2D eigenvalue weighted by Gasteiger charge is -2.14. The summed E-state index contributed by atoms with van der Waals surface area (Å²) in [7, 11) is 0. The highest BCUT2D eigenvalue weighted by molar-refractivity contribution is 5.47. The van der Waals surface area contributed by atoms with E-state index >= 15 is 0 Å². The Hall–Kier alpha value is -1.84. The summed E-state index contributed by atoms with van der Waals surface area (Å²) in [5.74, 6) is -0.214.